The average Bonchev–Trinajstić information content (AvgIpc) is 2.98. The quantitative estimate of drug-likeness (QED) is 0.859. The Hall–Kier alpha value is -2.44. The van der Waals surface area contributed by atoms with Gasteiger partial charge in [0.15, 0.2) is 0 Å². The molecule has 0 aliphatic rings. The summed E-state index contributed by atoms with van der Waals surface area (Å²) in [6, 6.07) is 8.59. The fraction of sp³-hybridized carbons (Fsp3) is 0.267. The van der Waals surface area contributed by atoms with Gasteiger partial charge in [-0.2, -0.15) is 13.2 Å². The molecule has 1 aromatic heterocycles. The number of halogens is 3. The third kappa shape index (κ3) is 4.54. The summed E-state index contributed by atoms with van der Waals surface area (Å²) in [7, 11) is 0. The standard InChI is InChI=1S/C15H15F3N2O2/c16-15(17,18)12-5-1-2-6-13(12)19-8-7-14(21)20-10-11-4-3-9-22-11/h1-6,9,19H,7-8,10H2,(H,20,21). The van der Waals surface area contributed by atoms with E-state index in [2.05, 4.69) is 10.6 Å². The van der Waals surface area contributed by atoms with Crippen LogP contribution in [-0.2, 0) is 17.5 Å². The van der Waals surface area contributed by atoms with Gasteiger partial charge in [-0.05, 0) is 24.3 Å². The summed E-state index contributed by atoms with van der Waals surface area (Å²) in [5, 5.41) is 5.26. The molecule has 2 rings (SSSR count). The number of alkyl halides is 3. The molecule has 0 radical (unpaired) electrons. The molecule has 0 aliphatic heterocycles. The van der Waals surface area contributed by atoms with Crippen LogP contribution >= 0.6 is 0 Å². The number of hydrogen-bond donors (Lipinski definition) is 2. The Morgan fingerprint density at radius 1 is 1.14 bits per heavy atom. The molecule has 2 N–H and O–H groups in total. The highest BCUT2D eigenvalue weighted by Crippen LogP contribution is 2.34. The maximum atomic E-state index is 12.8. The lowest BCUT2D eigenvalue weighted by atomic mass is 10.1. The lowest BCUT2D eigenvalue weighted by Crippen LogP contribution is -2.25. The molecule has 0 saturated carbocycles. The van der Waals surface area contributed by atoms with Crippen molar-refractivity contribution in [3.8, 4) is 0 Å². The highest BCUT2D eigenvalue weighted by Gasteiger charge is 2.32. The van der Waals surface area contributed by atoms with Crippen LogP contribution in [0.1, 0.15) is 17.7 Å². The summed E-state index contributed by atoms with van der Waals surface area (Å²) in [5.74, 6) is 0.345. The van der Waals surface area contributed by atoms with E-state index in [4.69, 9.17) is 4.42 Å². The van der Waals surface area contributed by atoms with Crippen LogP contribution in [0.3, 0.4) is 0 Å². The zero-order valence-electron chi connectivity index (χ0n) is 11.6. The first-order chi connectivity index (χ1) is 10.5. The number of carbonyl (C=O) groups excluding carboxylic acids is 1. The van der Waals surface area contributed by atoms with Gasteiger partial charge in [0.2, 0.25) is 5.91 Å². The molecule has 0 atom stereocenters. The van der Waals surface area contributed by atoms with Gasteiger partial charge in [-0.15, -0.1) is 0 Å². The van der Waals surface area contributed by atoms with Gasteiger partial charge in [-0.25, -0.2) is 0 Å². The number of nitrogens with one attached hydrogen (secondary N) is 2. The van der Waals surface area contributed by atoms with Crippen LogP contribution in [-0.4, -0.2) is 12.5 Å². The summed E-state index contributed by atoms with van der Waals surface area (Å²) in [5.41, 5.74) is -0.778. The lowest BCUT2D eigenvalue weighted by Gasteiger charge is -2.14. The van der Waals surface area contributed by atoms with E-state index < -0.39 is 11.7 Å². The van der Waals surface area contributed by atoms with Gasteiger partial charge in [0.05, 0.1) is 18.4 Å². The summed E-state index contributed by atoms with van der Waals surface area (Å²) < 4.78 is 43.4. The van der Waals surface area contributed by atoms with Crippen molar-refractivity contribution in [3.05, 3.63) is 54.0 Å². The second-order valence-electron chi connectivity index (χ2n) is 4.58. The normalized spacial score (nSPS) is 11.2. The second-order valence-corrected chi connectivity index (χ2v) is 4.58. The predicted octanol–water partition coefficient (Wildman–Crippen LogP) is 3.42. The van der Waals surface area contributed by atoms with Gasteiger partial charge in [-0.3, -0.25) is 4.79 Å². The van der Waals surface area contributed by atoms with Crippen LogP contribution in [0.25, 0.3) is 0 Å². The Kier molecular flexibility index (Phi) is 5.08. The third-order valence-corrected chi connectivity index (χ3v) is 2.94. The number of amides is 1. The SMILES string of the molecule is O=C(CCNc1ccccc1C(F)(F)F)NCc1ccco1. The van der Waals surface area contributed by atoms with Gasteiger partial charge in [0, 0.05) is 18.7 Å². The molecule has 0 saturated heterocycles. The van der Waals surface area contributed by atoms with Crippen molar-refractivity contribution in [2.75, 3.05) is 11.9 Å². The number of hydrogen-bond acceptors (Lipinski definition) is 3. The van der Waals surface area contributed by atoms with E-state index in [0.717, 1.165) is 6.07 Å². The zero-order chi connectivity index (χ0) is 16.0. The Bertz CT molecular complexity index is 610. The fourth-order valence-corrected chi connectivity index (χ4v) is 1.88. The molecule has 7 heteroatoms. The van der Waals surface area contributed by atoms with Crippen molar-refractivity contribution >= 4 is 11.6 Å². The molecule has 1 heterocycles. The van der Waals surface area contributed by atoms with E-state index >= 15 is 0 Å². The highest BCUT2D eigenvalue weighted by atomic mass is 19.4. The molecule has 4 nitrogen and oxygen atoms in total. The molecule has 2 aromatic rings. The van der Waals surface area contributed by atoms with Crippen molar-refractivity contribution in [2.45, 2.75) is 19.1 Å². The van der Waals surface area contributed by atoms with Gasteiger partial charge >= 0.3 is 6.18 Å². The Labute approximate surface area is 125 Å². The van der Waals surface area contributed by atoms with E-state index in [0.29, 0.717) is 5.76 Å². The number of carbonyl (C=O) groups is 1. The van der Waals surface area contributed by atoms with Crippen molar-refractivity contribution in [2.24, 2.45) is 0 Å². The molecule has 22 heavy (non-hydrogen) atoms. The van der Waals surface area contributed by atoms with Crippen molar-refractivity contribution in [1.29, 1.82) is 0 Å². The smallest absolute Gasteiger partial charge is 0.418 e. The molecule has 118 valence electrons. The summed E-state index contributed by atoms with van der Waals surface area (Å²) in [4.78, 5) is 11.6. The number of para-hydroxylation sites is 1. The Balaban J connectivity index is 1.80. The van der Waals surface area contributed by atoms with Gasteiger partial charge < -0.3 is 15.1 Å². The van der Waals surface area contributed by atoms with Crippen molar-refractivity contribution in [3.63, 3.8) is 0 Å². The van der Waals surface area contributed by atoms with Gasteiger partial charge in [-0.1, -0.05) is 12.1 Å². The minimum absolute atomic E-state index is 0.0335. The number of furan rings is 1. The van der Waals surface area contributed by atoms with Crippen LogP contribution in [0.2, 0.25) is 0 Å². The number of rotatable bonds is 6. The molecule has 0 aliphatic carbocycles. The third-order valence-electron chi connectivity index (χ3n) is 2.94. The maximum Gasteiger partial charge on any atom is 0.418 e. The van der Waals surface area contributed by atoms with E-state index in [-0.39, 0.29) is 31.1 Å². The Morgan fingerprint density at radius 2 is 1.91 bits per heavy atom. The maximum absolute atomic E-state index is 12.8. The summed E-state index contributed by atoms with van der Waals surface area (Å²) in [6.07, 6.45) is -2.87. The Morgan fingerprint density at radius 3 is 2.59 bits per heavy atom. The first kappa shape index (κ1) is 15.9. The number of benzene rings is 1. The minimum Gasteiger partial charge on any atom is -0.467 e. The summed E-state index contributed by atoms with van der Waals surface area (Å²) in [6.45, 7) is 0.363. The fourth-order valence-electron chi connectivity index (χ4n) is 1.88. The van der Waals surface area contributed by atoms with Crippen LogP contribution < -0.4 is 10.6 Å². The molecule has 0 spiro atoms. The molecular formula is C15H15F3N2O2. The zero-order valence-corrected chi connectivity index (χ0v) is 11.6. The molecule has 0 bridgehead atoms. The van der Waals surface area contributed by atoms with Crippen molar-refractivity contribution < 1.29 is 22.4 Å². The second kappa shape index (κ2) is 7.02. The van der Waals surface area contributed by atoms with Crippen LogP contribution in [0.5, 0.6) is 0 Å². The van der Waals surface area contributed by atoms with Gasteiger partial charge in [0.25, 0.3) is 0 Å². The van der Waals surface area contributed by atoms with E-state index in [1.165, 1.54) is 24.5 Å². The highest BCUT2D eigenvalue weighted by molar-refractivity contribution is 5.76. The minimum atomic E-state index is -4.43. The lowest BCUT2D eigenvalue weighted by molar-refractivity contribution is -0.137. The topological polar surface area (TPSA) is 54.3 Å². The van der Waals surface area contributed by atoms with Crippen LogP contribution in [0, 0.1) is 0 Å². The van der Waals surface area contributed by atoms with Crippen LogP contribution in [0.15, 0.2) is 47.1 Å². The predicted molar refractivity (Wildman–Crippen MR) is 75.1 cm³/mol. The van der Waals surface area contributed by atoms with Crippen molar-refractivity contribution in [1.82, 2.24) is 5.32 Å². The van der Waals surface area contributed by atoms with E-state index in [9.17, 15) is 18.0 Å². The summed E-state index contributed by atoms with van der Waals surface area (Å²) >= 11 is 0. The van der Waals surface area contributed by atoms with Crippen LogP contribution in [0.4, 0.5) is 18.9 Å². The first-order valence-corrected chi connectivity index (χ1v) is 6.66. The van der Waals surface area contributed by atoms with E-state index in [1.807, 2.05) is 0 Å². The molecular weight excluding hydrogens is 297 g/mol. The van der Waals surface area contributed by atoms with Gasteiger partial charge in [0.1, 0.15) is 5.76 Å². The molecule has 1 amide bonds. The monoisotopic (exact) mass is 312 g/mol. The molecule has 0 unspecified atom stereocenters. The molecule has 0 fully saturated rings. The molecule has 1 aromatic carbocycles. The number of anilines is 1. The van der Waals surface area contributed by atoms with E-state index in [1.54, 1.807) is 12.1 Å². The first-order valence-electron chi connectivity index (χ1n) is 6.66. The largest absolute Gasteiger partial charge is 0.467 e. The average molecular weight is 312 g/mol.